The third-order valence-electron chi connectivity index (χ3n) is 2.88. The van der Waals surface area contributed by atoms with Crippen molar-refractivity contribution in [3.05, 3.63) is 45.6 Å². The predicted octanol–water partition coefficient (Wildman–Crippen LogP) is 3.06. The molecule has 0 aliphatic carbocycles. The summed E-state index contributed by atoms with van der Waals surface area (Å²) in [4.78, 5) is 0. The first kappa shape index (κ1) is 12.9. The van der Waals surface area contributed by atoms with E-state index in [9.17, 15) is 5.11 Å². The molecule has 18 heavy (non-hydrogen) atoms. The highest BCUT2D eigenvalue weighted by atomic mass is 32.1. The lowest BCUT2D eigenvalue weighted by atomic mass is 10.1. The van der Waals surface area contributed by atoms with Crippen LogP contribution in [0.15, 0.2) is 29.0 Å². The molecular weight excluding hydrogens is 246 g/mol. The first-order chi connectivity index (χ1) is 8.70. The van der Waals surface area contributed by atoms with Gasteiger partial charge < -0.3 is 15.2 Å². The molecule has 96 valence electrons. The summed E-state index contributed by atoms with van der Waals surface area (Å²) in [7, 11) is 1.59. The van der Waals surface area contributed by atoms with E-state index >= 15 is 0 Å². The first-order valence-corrected chi connectivity index (χ1v) is 6.73. The Bertz CT molecular complexity index is 522. The van der Waals surface area contributed by atoms with E-state index in [1.54, 1.807) is 24.5 Å². The van der Waals surface area contributed by atoms with E-state index in [0.717, 1.165) is 12.1 Å². The second-order valence-electron chi connectivity index (χ2n) is 4.18. The molecule has 0 aliphatic rings. The van der Waals surface area contributed by atoms with Gasteiger partial charge in [-0.25, -0.2) is 0 Å². The van der Waals surface area contributed by atoms with Crippen molar-refractivity contribution in [3.63, 3.8) is 0 Å². The summed E-state index contributed by atoms with van der Waals surface area (Å²) in [6.07, 6.45) is 0. The Morgan fingerprint density at radius 2 is 2.00 bits per heavy atom. The van der Waals surface area contributed by atoms with Crippen molar-refractivity contribution in [2.24, 2.45) is 0 Å². The average Bonchev–Trinajstić information content (AvgIpc) is 2.77. The predicted molar refractivity (Wildman–Crippen MR) is 74.3 cm³/mol. The van der Waals surface area contributed by atoms with Crippen LogP contribution in [-0.2, 0) is 13.1 Å². The summed E-state index contributed by atoms with van der Waals surface area (Å²) in [6.45, 7) is 3.57. The summed E-state index contributed by atoms with van der Waals surface area (Å²) in [5.74, 6) is 0.939. The van der Waals surface area contributed by atoms with Crippen molar-refractivity contribution in [1.82, 2.24) is 5.32 Å². The van der Waals surface area contributed by atoms with Crippen LogP contribution in [0.3, 0.4) is 0 Å². The molecule has 1 heterocycles. The van der Waals surface area contributed by atoms with Gasteiger partial charge in [0.1, 0.15) is 11.5 Å². The van der Waals surface area contributed by atoms with E-state index in [0.29, 0.717) is 12.3 Å². The molecule has 1 aromatic carbocycles. The molecule has 2 aromatic rings. The number of aryl methyl sites for hydroxylation is 1. The van der Waals surface area contributed by atoms with E-state index in [1.165, 1.54) is 11.1 Å². The van der Waals surface area contributed by atoms with Crippen LogP contribution in [0.25, 0.3) is 0 Å². The van der Waals surface area contributed by atoms with Crippen LogP contribution in [0.1, 0.15) is 16.7 Å². The third kappa shape index (κ3) is 3.03. The highest BCUT2D eigenvalue weighted by Crippen LogP contribution is 2.23. The fraction of sp³-hybridized carbons (Fsp3) is 0.286. The lowest BCUT2D eigenvalue weighted by molar-refractivity contribution is 0.406. The van der Waals surface area contributed by atoms with E-state index in [-0.39, 0.29) is 5.75 Å². The van der Waals surface area contributed by atoms with Gasteiger partial charge in [0.15, 0.2) is 0 Å². The van der Waals surface area contributed by atoms with Gasteiger partial charge in [-0.1, -0.05) is 6.07 Å². The number of hydrogen-bond donors (Lipinski definition) is 2. The first-order valence-electron chi connectivity index (χ1n) is 5.79. The SMILES string of the molecule is COc1ccc(CNCc2cscc2C)c(O)c1. The van der Waals surface area contributed by atoms with Gasteiger partial charge in [-0.15, -0.1) is 0 Å². The van der Waals surface area contributed by atoms with Gasteiger partial charge in [-0.05, 0) is 34.9 Å². The largest absolute Gasteiger partial charge is 0.507 e. The summed E-state index contributed by atoms with van der Waals surface area (Å²) >= 11 is 1.71. The molecule has 0 fully saturated rings. The van der Waals surface area contributed by atoms with Crippen molar-refractivity contribution in [2.75, 3.05) is 7.11 Å². The van der Waals surface area contributed by atoms with E-state index in [1.807, 2.05) is 12.1 Å². The fourth-order valence-electron chi connectivity index (χ4n) is 1.72. The van der Waals surface area contributed by atoms with E-state index < -0.39 is 0 Å². The summed E-state index contributed by atoms with van der Waals surface area (Å²) in [5.41, 5.74) is 3.50. The molecule has 0 saturated carbocycles. The van der Waals surface area contributed by atoms with E-state index in [2.05, 4.69) is 23.0 Å². The number of thiophene rings is 1. The lowest BCUT2D eigenvalue weighted by Gasteiger charge is -2.08. The van der Waals surface area contributed by atoms with Crippen LogP contribution < -0.4 is 10.1 Å². The highest BCUT2D eigenvalue weighted by Gasteiger charge is 2.03. The number of ether oxygens (including phenoxy) is 1. The highest BCUT2D eigenvalue weighted by molar-refractivity contribution is 7.08. The molecule has 3 nitrogen and oxygen atoms in total. The van der Waals surface area contributed by atoms with Crippen molar-refractivity contribution < 1.29 is 9.84 Å². The Morgan fingerprint density at radius 3 is 2.61 bits per heavy atom. The lowest BCUT2D eigenvalue weighted by Crippen LogP contribution is -2.12. The van der Waals surface area contributed by atoms with Gasteiger partial charge in [-0.2, -0.15) is 11.3 Å². The maximum Gasteiger partial charge on any atom is 0.123 e. The molecule has 2 N–H and O–H groups in total. The molecule has 0 saturated heterocycles. The van der Waals surface area contributed by atoms with Crippen LogP contribution in [-0.4, -0.2) is 12.2 Å². The molecular formula is C14H17NO2S. The molecule has 0 spiro atoms. The third-order valence-corrected chi connectivity index (χ3v) is 3.80. The summed E-state index contributed by atoms with van der Waals surface area (Å²) in [5, 5.41) is 17.4. The number of nitrogens with one attached hydrogen (secondary N) is 1. The van der Waals surface area contributed by atoms with Gasteiger partial charge >= 0.3 is 0 Å². The molecule has 0 amide bonds. The Hall–Kier alpha value is -1.52. The molecule has 2 rings (SSSR count). The smallest absolute Gasteiger partial charge is 0.123 e. The number of methoxy groups -OCH3 is 1. The zero-order chi connectivity index (χ0) is 13.0. The Morgan fingerprint density at radius 1 is 1.22 bits per heavy atom. The Kier molecular flexibility index (Phi) is 4.23. The molecule has 0 bridgehead atoms. The zero-order valence-corrected chi connectivity index (χ0v) is 11.4. The molecule has 0 aliphatic heterocycles. The Balaban J connectivity index is 1.92. The molecule has 0 unspecified atom stereocenters. The van der Waals surface area contributed by atoms with Crippen LogP contribution in [0.2, 0.25) is 0 Å². The second-order valence-corrected chi connectivity index (χ2v) is 4.92. The number of phenols is 1. The number of phenolic OH excluding ortho intramolecular Hbond substituents is 1. The van der Waals surface area contributed by atoms with Crippen LogP contribution >= 0.6 is 11.3 Å². The van der Waals surface area contributed by atoms with E-state index in [4.69, 9.17) is 4.74 Å². The van der Waals surface area contributed by atoms with Gasteiger partial charge in [0.25, 0.3) is 0 Å². The molecule has 4 heteroatoms. The van der Waals surface area contributed by atoms with Crippen molar-refractivity contribution in [2.45, 2.75) is 20.0 Å². The summed E-state index contributed by atoms with van der Waals surface area (Å²) in [6, 6.07) is 5.36. The zero-order valence-electron chi connectivity index (χ0n) is 10.6. The fourth-order valence-corrected chi connectivity index (χ4v) is 2.58. The topological polar surface area (TPSA) is 41.5 Å². The van der Waals surface area contributed by atoms with Gasteiger partial charge in [0, 0.05) is 24.7 Å². The van der Waals surface area contributed by atoms with Gasteiger partial charge in [0.05, 0.1) is 7.11 Å². The van der Waals surface area contributed by atoms with Crippen molar-refractivity contribution in [1.29, 1.82) is 0 Å². The number of benzene rings is 1. The van der Waals surface area contributed by atoms with Gasteiger partial charge in [0.2, 0.25) is 0 Å². The second kappa shape index (κ2) is 5.89. The monoisotopic (exact) mass is 263 g/mol. The summed E-state index contributed by atoms with van der Waals surface area (Å²) < 4.78 is 5.05. The van der Waals surface area contributed by atoms with Crippen molar-refractivity contribution in [3.8, 4) is 11.5 Å². The Labute approximate surface area is 111 Å². The minimum Gasteiger partial charge on any atom is -0.507 e. The van der Waals surface area contributed by atoms with Crippen molar-refractivity contribution >= 4 is 11.3 Å². The minimum absolute atomic E-state index is 0.267. The average molecular weight is 263 g/mol. The van der Waals surface area contributed by atoms with Crippen LogP contribution in [0.4, 0.5) is 0 Å². The maximum absolute atomic E-state index is 9.82. The standard InChI is InChI=1S/C14H17NO2S/c1-10-8-18-9-12(10)7-15-6-11-3-4-13(17-2)5-14(11)16/h3-5,8-9,15-16H,6-7H2,1-2H3. The normalized spacial score (nSPS) is 10.6. The maximum atomic E-state index is 9.82. The quantitative estimate of drug-likeness (QED) is 0.871. The number of rotatable bonds is 5. The number of aromatic hydroxyl groups is 1. The minimum atomic E-state index is 0.267. The molecule has 1 aromatic heterocycles. The molecule has 0 radical (unpaired) electrons. The van der Waals surface area contributed by atoms with Crippen LogP contribution in [0.5, 0.6) is 11.5 Å². The number of hydrogen-bond acceptors (Lipinski definition) is 4. The van der Waals surface area contributed by atoms with Crippen LogP contribution in [0, 0.1) is 6.92 Å². The molecule has 0 atom stereocenters. The van der Waals surface area contributed by atoms with Gasteiger partial charge in [-0.3, -0.25) is 0 Å².